The van der Waals surface area contributed by atoms with Gasteiger partial charge in [0.15, 0.2) is 5.96 Å². The molecule has 0 atom stereocenters. The maximum atomic E-state index is 5.04. The van der Waals surface area contributed by atoms with Gasteiger partial charge in [0.1, 0.15) is 12.2 Å². The number of aliphatic imine (C=N–C) groups is 1. The minimum absolute atomic E-state index is 0.102. The number of rotatable bonds is 8. The van der Waals surface area contributed by atoms with Crippen LogP contribution in [0.5, 0.6) is 0 Å². The second kappa shape index (κ2) is 11.0. The van der Waals surface area contributed by atoms with Gasteiger partial charge in [-0.3, -0.25) is 9.89 Å². The van der Waals surface area contributed by atoms with Crippen LogP contribution in [0.4, 0.5) is 0 Å². The van der Waals surface area contributed by atoms with E-state index >= 15 is 0 Å². The lowest BCUT2D eigenvalue weighted by atomic mass is 9.96. The zero-order chi connectivity index (χ0) is 20.5. The van der Waals surface area contributed by atoms with Crippen molar-refractivity contribution in [3.63, 3.8) is 0 Å². The lowest BCUT2D eigenvalue weighted by Crippen LogP contribution is -2.50. The molecule has 0 spiro atoms. The lowest BCUT2D eigenvalue weighted by molar-refractivity contribution is 0.102. The van der Waals surface area contributed by atoms with E-state index in [9.17, 15) is 0 Å². The zero-order valence-electron chi connectivity index (χ0n) is 18.8. The van der Waals surface area contributed by atoms with E-state index in [4.69, 9.17) is 4.99 Å². The SMILES string of the molecule is CCc1nncn1CCNC(=NCC(C)(C)N1CCCCC1)NC1CCCCC1. The van der Waals surface area contributed by atoms with Gasteiger partial charge in [-0.15, -0.1) is 10.2 Å². The molecule has 2 fully saturated rings. The Labute approximate surface area is 176 Å². The normalized spacial score (nSPS) is 20.0. The van der Waals surface area contributed by atoms with Crippen LogP contribution in [0, 0.1) is 0 Å². The molecule has 2 heterocycles. The van der Waals surface area contributed by atoms with E-state index < -0.39 is 0 Å². The smallest absolute Gasteiger partial charge is 0.191 e. The third-order valence-corrected chi connectivity index (χ3v) is 6.44. The average Bonchev–Trinajstić information content (AvgIpc) is 3.21. The van der Waals surface area contributed by atoms with Gasteiger partial charge in [-0.05, 0) is 52.6 Å². The molecular weight excluding hydrogens is 362 g/mol. The molecule has 0 unspecified atom stereocenters. The second-order valence-corrected chi connectivity index (χ2v) is 9.23. The molecule has 2 aliphatic rings. The summed E-state index contributed by atoms with van der Waals surface area (Å²) in [4.78, 5) is 7.65. The summed E-state index contributed by atoms with van der Waals surface area (Å²) in [5, 5.41) is 15.5. The largest absolute Gasteiger partial charge is 0.355 e. The van der Waals surface area contributed by atoms with Crippen LogP contribution < -0.4 is 10.6 Å². The Kier molecular flexibility index (Phi) is 8.33. The Morgan fingerprint density at radius 3 is 2.59 bits per heavy atom. The topological polar surface area (TPSA) is 70.4 Å². The van der Waals surface area contributed by atoms with Crippen LogP contribution in [-0.4, -0.2) is 63.4 Å². The Balaban J connectivity index is 1.58. The maximum absolute atomic E-state index is 5.04. The minimum atomic E-state index is 0.102. The van der Waals surface area contributed by atoms with Crippen LogP contribution in [-0.2, 0) is 13.0 Å². The molecule has 0 radical (unpaired) electrons. The summed E-state index contributed by atoms with van der Waals surface area (Å²) in [7, 11) is 0. The first-order valence-corrected chi connectivity index (χ1v) is 11.7. The number of guanidine groups is 1. The standard InChI is InChI=1S/C22H41N7/c1-4-20-27-25-18-28(20)16-13-23-21(26-19-11-7-5-8-12-19)24-17-22(2,3)29-14-9-6-10-15-29/h18-19H,4-17H2,1-3H3,(H2,23,24,26). The summed E-state index contributed by atoms with van der Waals surface area (Å²) in [6.07, 6.45) is 13.3. The van der Waals surface area contributed by atoms with Gasteiger partial charge in [0, 0.05) is 31.1 Å². The van der Waals surface area contributed by atoms with E-state index in [-0.39, 0.29) is 5.54 Å². The van der Waals surface area contributed by atoms with Gasteiger partial charge in [-0.1, -0.05) is 32.6 Å². The Morgan fingerprint density at radius 2 is 1.86 bits per heavy atom. The van der Waals surface area contributed by atoms with Crippen LogP contribution in [0.15, 0.2) is 11.3 Å². The van der Waals surface area contributed by atoms with Gasteiger partial charge in [-0.25, -0.2) is 0 Å². The summed E-state index contributed by atoms with van der Waals surface area (Å²) >= 11 is 0. The van der Waals surface area contributed by atoms with Crippen LogP contribution in [0.25, 0.3) is 0 Å². The summed E-state index contributed by atoms with van der Waals surface area (Å²) in [5.74, 6) is 2.00. The molecule has 0 amide bonds. The number of nitrogens with zero attached hydrogens (tertiary/aromatic N) is 5. The van der Waals surface area contributed by atoms with E-state index in [2.05, 4.69) is 51.1 Å². The molecule has 1 aromatic rings. The number of aryl methyl sites for hydroxylation is 1. The highest BCUT2D eigenvalue weighted by molar-refractivity contribution is 5.80. The fourth-order valence-electron chi connectivity index (χ4n) is 4.50. The first-order valence-electron chi connectivity index (χ1n) is 11.7. The fourth-order valence-corrected chi connectivity index (χ4v) is 4.50. The molecule has 1 aliphatic heterocycles. The highest BCUT2D eigenvalue weighted by Crippen LogP contribution is 2.21. The summed E-state index contributed by atoms with van der Waals surface area (Å²) in [6, 6.07) is 0.550. The van der Waals surface area contributed by atoms with E-state index in [0.717, 1.165) is 37.8 Å². The van der Waals surface area contributed by atoms with Crippen molar-refractivity contribution in [3.8, 4) is 0 Å². The average molecular weight is 404 g/mol. The summed E-state index contributed by atoms with van der Waals surface area (Å²) in [6.45, 7) is 11.7. The van der Waals surface area contributed by atoms with Crippen molar-refractivity contribution in [2.75, 3.05) is 26.2 Å². The van der Waals surface area contributed by atoms with E-state index in [1.807, 2.05) is 6.33 Å². The summed E-state index contributed by atoms with van der Waals surface area (Å²) in [5.41, 5.74) is 0.102. The maximum Gasteiger partial charge on any atom is 0.191 e. The first-order chi connectivity index (χ1) is 14.1. The molecule has 2 N–H and O–H groups in total. The van der Waals surface area contributed by atoms with E-state index in [1.54, 1.807) is 0 Å². The highest BCUT2D eigenvalue weighted by atomic mass is 15.3. The molecule has 164 valence electrons. The van der Waals surface area contributed by atoms with Crippen molar-refractivity contribution < 1.29 is 0 Å². The van der Waals surface area contributed by atoms with Gasteiger partial charge in [0.05, 0.1) is 6.54 Å². The number of aromatic nitrogens is 3. The Bertz CT molecular complexity index is 625. The first kappa shape index (κ1) is 22.1. The molecule has 1 aliphatic carbocycles. The number of hydrogen-bond donors (Lipinski definition) is 2. The highest BCUT2D eigenvalue weighted by Gasteiger charge is 2.28. The Hall–Kier alpha value is -1.63. The monoisotopic (exact) mass is 403 g/mol. The van der Waals surface area contributed by atoms with Gasteiger partial charge in [0.2, 0.25) is 0 Å². The molecule has 7 nitrogen and oxygen atoms in total. The van der Waals surface area contributed by atoms with E-state index in [0.29, 0.717) is 6.04 Å². The van der Waals surface area contributed by atoms with Crippen molar-refractivity contribution in [2.24, 2.45) is 4.99 Å². The van der Waals surface area contributed by atoms with E-state index in [1.165, 1.54) is 64.5 Å². The van der Waals surface area contributed by atoms with Crippen LogP contribution in [0.1, 0.15) is 78.0 Å². The van der Waals surface area contributed by atoms with Gasteiger partial charge >= 0.3 is 0 Å². The number of likely N-dealkylation sites (tertiary alicyclic amines) is 1. The Morgan fingerprint density at radius 1 is 1.14 bits per heavy atom. The predicted molar refractivity (Wildman–Crippen MR) is 119 cm³/mol. The molecule has 1 saturated carbocycles. The molecule has 1 aromatic heterocycles. The minimum Gasteiger partial charge on any atom is -0.355 e. The molecular formula is C22H41N7. The summed E-state index contributed by atoms with van der Waals surface area (Å²) < 4.78 is 2.13. The number of hydrogen-bond acceptors (Lipinski definition) is 4. The van der Waals surface area contributed by atoms with Crippen molar-refractivity contribution in [2.45, 2.75) is 96.7 Å². The lowest BCUT2D eigenvalue weighted by Gasteiger charge is -2.40. The second-order valence-electron chi connectivity index (χ2n) is 9.23. The fraction of sp³-hybridized carbons (Fsp3) is 0.864. The van der Waals surface area contributed by atoms with Crippen molar-refractivity contribution in [1.29, 1.82) is 0 Å². The molecule has 0 aromatic carbocycles. The predicted octanol–water partition coefficient (Wildman–Crippen LogP) is 2.97. The number of nitrogens with one attached hydrogen (secondary N) is 2. The van der Waals surface area contributed by atoms with Crippen molar-refractivity contribution in [3.05, 3.63) is 12.2 Å². The van der Waals surface area contributed by atoms with Crippen LogP contribution >= 0.6 is 0 Å². The number of piperidine rings is 1. The van der Waals surface area contributed by atoms with Crippen LogP contribution in [0.3, 0.4) is 0 Å². The van der Waals surface area contributed by atoms with Crippen molar-refractivity contribution in [1.82, 2.24) is 30.3 Å². The van der Waals surface area contributed by atoms with Crippen molar-refractivity contribution >= 4 is 5.96 Å². The van der Waals surface area contributed by atoms with Crippen LogP contribution in [0.2, 0.25) is 0 Å². The van der Waals surface area contributed by atoms with Gasteiger partial charge in [0.25, 0.3) is 0 Å². The zero-order valence-corrected chi connectivity index (χ0v) is 18.8. The third kappa shape index (κ3) is 6.69. The third-order valence-electron chi connectivity index (χ3n) is 6.44. The van der Waals surface area contributed by atoms with Gasteiger partial charge < -0.3 is 15.2 Å². The molecule has 7 heteroatoms. The molecule has 1 saturated heterocycles. The molecule has 3 rings (SSSR count). The van der Waals surface area contributed by atoms with Gasteiger partial charge in [-0.2, -0.15) is 0 Å². The quantitative estimate of drug-likeness (QED) is 0.516. The molecule has 29 heavy (non-hydrogen) atoms. The molecule has 0 bridgehead atoms.